The van der Waals surface area contributed by atoms with E-state index < -0.39 is 0 Å². The van der Waals surface area contributed by atoms with Crippen molar-refractivity contribution in [3.8, 4) is 0 Å². The van der Waals surface area contributed by atoms with Crippen LogP contribution in [0.15, 0.2) is 60.7 Å². The van der Waals surface area contributed by atoms with Crippen LogP contribution in [0.1, 0.15) is 55.4 Å². The Morgan fingerprint density at radius 1 is 0.481 bits per heavy atom. The molecule has 2 aromatic rings. The molecule has 0 atom stereocenters. The van der Waals surface area contributed by atoms with E-state index in [0.717, 1.165) is 0 Å². The van der Waals surface area contributed by atoms with Gasteiger partial charge in [0, 0.05) is 0 Å². The molecule has 2 rings (SSSR count). The minimum Gasteiger partial charge on any atom is -0.412 e. The van der Waals surface area contributed by atoms with Crippen molar-refractivity contribution in [3.63, 3.8) is 0 Å². The van der Waals surface area contributed by atoms with Gasteiger partial charge in [-0.2, -0.15) is 128 Å². The van der Waals surface area contributed by atoms with Crippen LogP contribution in [0.3, 0.4) is 0 Å². The van der Waals surface area contributed by atoms with E-state index in [1.165, 1.54) is 11.8 Å². The molecule has 0 aliphatic rings. The van der Waals surface area contributed by atoms with Gasteiger partial charge < -0.3 is 31.2 Å². The first kappa shape index (κ1) is 45.5. The van der Waals surface area contributed by atoms with E-state index in [1.807, 2.05) is 60.7 Å². The smallest absolute Gasteiger partial charge is 0.412 e. The zero-order valence-corrected chi connectivity index (χ0v) is 21.8. The Bertz CT molecular complexity index is 255. The van der Waals surface area contributed by atoms with Crippen molar-refractivity contribution in [1.29, 1.82) is 0 Å². The van der Waals surface area contributed by atoms with Crippen LogP contribution in [0.4, 0.5) is 0 Å². The Morgan fingerprint density at radius 2 is 0.630 bits per heavy atom. The fourth-order valence-electron chi connectivity index (χ4n) is 0.684. The van der Waals surface area contributed by atoms with Gasteiger partial charge in [-0.25, -0.2) is 0 Å². The molecule has 0 fully saturated rings. The van der Waals surface area contributed by atoms with Gasteiger partial charge in [-0.3, -0.25) is 0 Å². The molecule has 0 saturated carbocycles. The zero-order chi connectivity index (χ0) is 19.6. The second-order valence-corrected chi connectivity index (χ2v) is 5.15. The summed E-state index contributed by atoms with van der Waals surface area (Å²) in [6.07, 6.45) is 0. The first-order valence-electron chi connectivity index (χ1n) is 8.24. The Morgan fingerprint density at radius 3 is 0.667 bits per heavy atom. The molecular weight excluding hydrogens is 400 g/mol. The third-order valence-electron chi connectivity index (χ3n) is 1.21. The Hall–Kier alpha value is -0.171. The molecule has 0 amide bonds. The van der Waals surface area contributed by atoms with Crippen LogP contribution in [0.25, 0.3) is 0 Å². The predicted octanol–water partition coefficient (Wildman–Crippen LogP) is 7.07. The minimum absolute atomic E-state index is 0. The molecule has 27 heavy (non-hydrogen) atoms. The third-order valence-corrected chi connectivity index (χ3v) is 1.21. The van der Waals surface area contributed by atoms with Gasteiger partial charge in [0.05, 0.1) is 0 Å². The second-order valence-electron chi connectivity index (χ2n) is 5.15. The fourth-order valence-corrected chi connectivity index (χ4v) is 0.684. The van der Waals surface area contributed by atoms with E-state index >= 15 is 0 Å². The summed E-state index contributed by atoms with van der Waals surface area (Å²) in [5, 5.41) is 0. The second kappa shape index (κ2) is 50.1. The van der Waals surface area contributed by atoms with Crippen LogP contribution < -0.4 is 0 Å². The summed E-state index contributed by atoms with van der Waals surface area (Å²) in [5.41, 5.74) is 0. The van der Waals surface area contributed by atoms with Crippen molar-refractivity contribution in [3.05, 3.63) is 98.5 Å². The maximum atomic E-state index is 3.25. The Labute approximate surface area is 201 Å². The Kier molecular flexibility index (Phi) is 84.5. The Balaban J connectivity index is -0.0000000365. The van der Waals surface area contributed by atoms with Crippen molar-refractivity contribution >= 4 is 0 Å². The molecule has 0 spiro atoms. The van der Waals surface area contributed by atoms with Gasteiger partial charge in [0.25, 0.3) is 0 Å². The van der Waals surface area contributed by atoms with E-state index in [2.05, 4.69) is 67.5 Å². The van der Waals surface area contributed by atoms with Crippen molar-refractivity contribution in [2.24, 2.45) is 0 Å². The summed E-state index contributed by atoms with van der Waals surface area (Å²) in [5.74, 6) is 2.83. The third kappa shape index (κ3) is 105. The average molecular weight is 440 g/mol. The van der Waals surface area contributed by atoms with E-state index in [0.29, 0.717) is 0 Å². The number of hydrogen-bond acceptors (Lipinski definition) is 0. The molecule has 2 N–H and O–H groups in total. The summed E-state index contributed by atoms with van der Waals surface area (Å²) in [7, 11) is 0. The van der Waals surface area contributed by atoms with E-state index in [9.17, 15) is 0 Å². The van der Waals surface area contributed by atoms with Crippen molar-refractivity contribution in [2.75, 3.05) is 0 Å². The summed E-state index contributed by atoms with van der Waals surface area (Å²) >= 11 is 0. The molecular formula is C24H40OTi2. The van der Waals surface area contributed by atoms with Crippen LogP contribution >= 0.6 is 0 Å². The maximum absolute atomic E-state index is 3.25. The van der Waals surface area contributed by atoms with Gasteiger partial charge in [0.1, 0.15) is 0 Å². The first-order chi connectivity index (χ1) is 11.5. The maximum Gasteiger partial charge on any atom is 3.00 e. The molecule has 0 aromatic heterocycles. The molecule has 2 aromatic carbocycles. The fraction of sp³-hybridized carbons (Fsp3) is 0.333. The number of benzene rings is 2. The van der Waals surface area contributed by atoms with Crippen LogP contribution in [0.2, 0.25) is 0 Å². The zero-order valence-electron chi connectivity index (χ0n) is 18.7. The topological polar surface area (TPSA) is 31.5 Å². The molecule has 0 heterocycles. The molecule has 3 heteroatoms. The summed E-state index contributed by atoms with van der Waals surface area (Å²) in [4.78, 5) is 0. The quantitative estimate of drug-likeness (QED) is 0.310. The molecule has 0 aliphatic carbocycles. The number of hydrogen-bond donors (Lipinski definition) is 0. The molecule has 150 valence electrons. The molecule has 0 saturated heterocycles. The van der Waals surface area contributed by atoms with Gasteiger partial charge in [0.15, 0.2) is 0 Å². The SMILES string of the molecule is C[C-](C)C.C[C-](C)C.O.[CH2-]C.[CH2-]C.[Ti+3].[Ti+3].[c-]1ccccc1.[c-]1ccccc1. The van der Waals surface area contributed by atoms with Crippen molar-refractivity contribution in [1.82, 2.24) is 0 Å². The predicted molar refractivity (Wildman–Crippen MR) is 117 cm³/mol. The minimum atomic E-state index is 0. The van der Waals surface area contributed by atoms with Gasteiger partial charge in [-0.05, 0) is 0 Å². The monoisotopic (exact) mass is 440 g/mol. The average Bonchev–Trinajstić information content (AvgIpc) is 2.61. The van der Waals surface area contributed by atoms with Gasteiger partial charge in [0.2, 0.25) is 0 Å². The van der Waals surface area contributed by atoms with Crippen LogP contribution in [0, 0.1) is 37.8 Å². The molecule has 0 bridgehead atoms. The first-order valence-corrected chi connectivity index (χ1v) is 8.24. The van der Waals surface area contributed by atoms with Gasteiger partial charge in [-0.15, -0.1) is 0 Å². The van der Waals surface area contributed by atoms with Crippen LogP contribution in [-0.2, 0) is 43.4 Å². The standard InChI is InChI=1S/2C6H5.2C4H9.2C2H5.H2O.2Ti/c2*1-2-4-6-5-3-1;2*1-4(2)3;2*1-2;;;/h2*1-5H;2*1-3H3;2*1H2,2H3;1H2;;/q6*-1;;2*+3. The summed E-state index contributed by atoms with van der Waals surface area (Å²) in [6, 6.07) is 25.0. The van der Waals surface area contributed by atoms with Crippen LogP contribution in [-0.4, -0.2) is 5.48 Å². The van der Waals surface area contributed by atoms with Gasteiger partial charge >= 0.3 is 43.4 Å². The van der Waals surface area contributed by atoms with Gasteiger partial charge in [-0.1, -0.05) is 0 Å². The van der Waals surface area contributed by atoms with Crippen molar-refractivity contribution in [2.45, 2.75) is 55.4 Å². The summed E-state index contributed by atoms with van der Waals surface area (Å²) in [6.45, 7) is 22.5. The van der Waals surface area contributed by atoms with Crippen molar-refractivity contribution < 1.29 is 48.9 Å². The van der Waals surface area contributed by atoms with E-state index in [1.54, 1.807) is 13.8 Å². The number of rotatable bonds is 0. The van der Waals surface area contributed by atoms with E-state index in [4.69, 9.17) is 0 Å². The summed E-state index contributed by atoms with van der Waals surface area (Å²) < 4.78 is 0. The van der Waals surface area contributed by atoms with Crippen LogP contribution in [0.5, 0.6) is 0 Å². The van der Waals surface area contributed by atoms with E-state index in [-0.39, 0.29) is 48.9 Å². The normalized spacial score (nSPS) is 6.67. The molecule has 0 unspecified atom stereocenters. The molecule has 0 aliphatic heterocycles. The molecule has 1 nitrogen and oxygen atoms in total. The largest absolute Gasteiger partial charge is 3.00 e. The molecule has 2 radical (unpaired) electrons.